The predicted molar refractivity (Wildman–Crippen MR) is 139 cm³/mol. The number of carbonyl (C=O) groups is 2. The van der Waals surface area contributed by atoms with Gasteiger partial charge in [0.1, 0.15) is 12.6 Å². The third kappa shape index (κ3) is 6.74. The summed E-state index contributed by atoms with van der Waals surface area (Å²) in [6.45, 7) is 4.50. The number of hydrogen-bond donors (Lipinski definition) is 2. The highest BCUT2D eigenvalue weighted by Crippen LogP contribution is 2.20. The number of rotatable bonds is 9. The number of nitrogens with two attached hydrogens (primary N) is 1. The van der Waals surface area contributed by atoms with Gasteiger partial charge in [0, 0.05) is 12.3 Å². The van der Waals surface area contributed by atoms with E-state index in [2.05, 4.69) is 15.5 Å². The number of nitrogens with one attached hydrogen (secondary N) is 1. The van der Waals surface area contributed by atoms with Crippen LogP contribution in [0.4, 0.5) is 4.79 Å². The molecule has 0 spiro atoms. The molecule has 0 bridgehead atoms. The molecule has 0 saturated carbocycles. The third-order valence-corrected chi connectivity index (χ3v) is 6.45. The Balaban J connectivity index is 0.00000361. The number of hydrogen-bond acceptors (Lipinski definition) is 8. The average molecular weight is 515 g/mol. The molecule has 0 unspecified atom stereocenters. The summed E-state index contributed by atoms with van der Waals surface area (Å²) in [7, 11) is 0. The Bertz CT molecular complexity index is 1160. The van der Waals surface area contributed by atoms with E-state index in [4.69, 9.17) is 15.2 Å². The predicted octanol–water partition coefficient (Wildman–Crippen LogP) is 3.12. The summed E-state index contributed by atoms with van der Waals surface area (Å²) >= 11 is 1.69. The van der Waals surface area contributed by atoms with Crippen molar-refractivity contribution in [2.45, 2.75) is 46.1 Å². The van der Waals surface area contributed by atoms with Crippen LogP contribution in [0.1, 0.15) is 44.4 Å². The first kappa shape index (κ1) is 27.4. The molecule has 0 radical (unpaired) electrons. The molecule has 1 aromatic carbocycles. The maximum Gasteiger partial charge on any atom is 0.410 e. The Hall–Kier alpha value is -3.15. The minimum Gasteiger partial charge on any atom is -0.443 e. The van der Waals surface area contributed by atoms with Crippen molar-refractivity contribution in [2.75, 3.05) is 24.8 Å². The summed E-state index contributed by atoms with van der Waals surface area (Å²) in [6, 6.07) is 14.6. The molecule has 1 aliphatic heterocycles. The van der Waals surface area contributed by atoms with E-state index in [0.717, 1.165) is 11.3 Å². The Morgan fingerprint density at radius 1 is 1.14 bits per heavy atom. The van der Waals surface area contributed by atoms with E-state index in [0.29, 0.717) is 36.2 Å². The molecule has 1 saturated heterocycles. The van der Waals surface area contributed by atoms with E-state index < -0.39 is 11.6 Å². The molecule has 1 aliphatic rings. The van der Waals surface area contributed by atoms with Crippen LogP contribution in [-0.2, 0) is 27.5 Å². The number of amides is 2. The number of thioether (sulfide) groups is 1. The highest BCUT2D eigenvalue weighted by molar-refractivity contribution is 7.99. The second kappa shape index (κ2) is 12.2. The van der Waals surface area contributed by atoms with Crippen LogP contribution in [-0.4, -0.2) is 61.8 Å². The normalized spacial score (nSPS) is 14.4. The molecular formula is C25H34N6O4S. The van der Waals surface area contributed by atoms with Crippen LogP contribution < -0.4 is 11.1 Å². The molecule has 3 N–H and O–H groups in total. The minimum absolute atomic E-state index is 0. The zero-order valence-electron chi connectivity index (χ0n) is 19.8. The van der Waals surface area contributed by atoms with Crippen molar-refractivity contribution >= 4 is 29.4 Å². The van der Waals surface area contributed by atoms with Gasteiger partial charge in [0.05, 0.1) is 30.3 Å². The van der Waals surface area contributed by atoms with Gasteiger partial charge in [-0.2, -0.15) is 0 Å². The van der Waals surface area contributed by atoms with Crippen molar-refractivity contribution in [3.63, 3.8) is 0 Å². The van der Waals surface area contributed by atoms with Crippen LogP contribution >= 0.6 is 11.8 Å². The molecule has 194 valence electrons. The van der Waals surface area contributed by atoms with Gasteiger partial charge in [-0.15, -0.1) is 22.0 Å². The maximum absolute atomic E-state index is 12.8. The highest BCUT2D eigenvalue weighted by Gasteiger charge is 2.29. The summed E-state index contributed by atoms with van der Waals surface area (Å²) in [6.07, 6.45) is -0.359. The number of nitrogens with zero attached hydrogens (tertiary/aromatic N) is 4. The zero-order chi connectivity index (χ0) is 24.8. The van der Waals surface area contributed by atoms with E-state index in [1.165, 1.54) is 0 Å². The van der Waals surface area contributed by atoms with Crippen LogP contribution in [0.3, 0.4) is 0 Å². The highest BCUT2D eigenvalue weighted by atomic mass is 32.2. The van der Waals surface area contributed by atoms with Crippen molar-refractivity contribution in [1.82, 2.24) is 24.8 Å². The van der Waals surface area contributed by atoms with Crippen LogP contribution in [0.5, 0.6) is 0 Å². The van der Waals surface area contributed by atoms with Crippen molar-refractivity contribution < 1.29 is 19.1 Å². The first-order valence-corrected chi connectivity index (χ1v) is 12.5. The lowest BCUT2D eigenvalue weighted by Crippen LogP contribution is -2.51. The van der Waals surface area contributed by atoms with Crippen LogP contribution in [0, 0.1) is 0 Å². The smallest absolute Gasteiger partial charge is 0.410 e. The molecule has 11 heteroatoms. The van der Waals surface area contributed by atoms with Gasteiger partial charge in [-0.3, -0.25) is 14.1 Å². The van der Waals surface area contributed by atoms with Crippen LogP contribution in [0.15, 0.2) is 48.5 Å². The van der Waals surface area contributed by atoms with E-state index in [9.17, 15) is 9.59 Å². The Morgan fingerprint density at radius 3 is 2.61 bits per heavy atom. The van der Waals surface area contributed by atoms with E-state index in [1.54, 1.807) is 41.0 Å². The topological polar surface area (TPSA) is 124 Å². The number of ether oxygens (including phenoxy) is 2. The number of carbonyl (C=O) groups excluding carboxylic acids is 2. The van der Waals surface area contributed by atoms with Crippen molar-refractivity contribution in [3.05, 3.63) is 65.6 Å². The molecular weight excluding hydrogens is 480 g/mol. The van der Waals surface area contributed by atoms with Gasteiger partial charge in [-0.25, -0.2) is 4.79 Å². The Morgan fingerprint density at radius 2 is 1.92 bits per heavy atom. The lowest BCUT2D eigenvalue weighted by Gasteiger charge is -2.24. The first-order chi connectivity index (χ1) is 16.8. The summed E-state index contributed by atoms with van der Waals surface area (Å²) < 4.78 is 13.3. The lowest BCUT2D eigenvalue weighted by molar-refractivity contribution is -0.126. The van der Waals surface area contributed by atoms with E-state index >= 15 is 0 Å². The van der Waals surface area contributed by atoms with Crippen molar-refractivity contribution in [2.24, 2.45) is 5.73 Å². The molecule has 1 atom stereocenters. The fourth-order valence-corrected chi connectivity index (χ4v) is 4.48. The fourth-order valence-electron chi connectivity index (χ4n) is 3.55. The fraction of sp³-hybridized carbons (Fsp3) is 0.440. The van der Waals surface area contributed by atoms with Gasteiger partial charge in [-0.1, -0.05) is 43.8 Å². The standard InChI is InChI=1S/C24H30N6O4S.CH4/c1-24(2,25)22(31)26-19(15-33-13-17-7-4-3-5-8-17)21-28-27-20-10-6-9-18(30(20)21)14-34-23(32)29-11-12-35-16-29;/h3-10,19H,11-16,25H2,1-2H3,(H,26,31);1H4/t19-;/m1./s1. The monoisotopic (exact) mass is 514 g/mol. The van der Waals surface area contributed by atoms with Crippen molar-refractivity contribution in [3.8, 4) is 0 Å². The average Bonchev–Trinajstić information content (AvgIpc) is 3.52. The summed E-state index contributed by atoms with van der Waals surface area (Å²) in [4.78, 5) is 26.8. The zero-order valence-corrected chi connectivity index (χ0v) is 20.7. The molecule has 3 aromatic rings. The SMILES string of the molecule is C.CC(C)(N)C(=O)N[C@H](COCc1ccccc1)c1nnc2cccc(COC(=O)N3CCSC3)n12. The molecule has 10 nitrogen and oxygen atoms in total. The Labute approximate surface area is 215 Å². The van der Waals surface area contributed by atoms with Gasteiger partial charge in [0.25, 0.3) is 0 Å². The molecule has 2 aromatic heterocycles. The molecule has 1 fully saturated rings. The van der Waals surface area contributed by atoms with Gasteiger partial charge in [0.15, 0.2) is 11.5 Å². The van der Waals surface area contributed by atoms with Crippen molar-refractivity contribution in [1.29, 1.82) is 0 Å². The number of pyridine rings is 1. The number of fused-ring (bicyclic) bond motifs is 1. The van der Waals surface area contributed by atoms with E-state index in [-0.39, 0.29) is 32.6 Å². The first-order valence-electron chi connectivity index (χ1n) is 11.4. The van der Waals surface area contributed by atoms with Gasteiger partial charge in [0.2, 0.25) is 5.91 Å². The molecule has 2 amide bonds. The number of benzene rings is 1. The summed E-state index contributed by atoms with van der Waals surface area (Å²) in [5.41, 5.74) is 7.19. The van der Waals surface area contributed by atoms with Crippen LogP contribution in [0.25, 0.3) is 5.65 Å². The van der Waals surface area contributed by atoms with Gasteiger partial charge in [-0.05, 0) is 31.5 Å². The lowest BCUT2D eigenvalue weighted by atomic mass is 10.1. The number of aromatic nitrogens is 3. The second-order valence-corrected chi connectivity index (χ2v) is 9.95. The molecule has 3 heterocycles. The van der Waals surface area contributed by atoms with Crippen LogP contribution in [0.2, 0.25) is 0 Å². The van der Waals surface area contributed by atoms with Gasteiger partial charge < -0.3 is 20.5 Å². The third-order valence-electron chi connectivity index (χ3n) is 5.49. The molecule has 4 rings (SSSR count). The van der Waals surface area contributed by atoms with Gasteiger partial charge >= 0.3 is 6.09 Å². The summed E-state index contributed by atoms with van der Waals surface area (Å²) in [5.74, 6) is 1.65. The summed E-state index contributed by atoms with van der Waals surface area (Å²) in [5, 5.41) is 11.5. The largest absolute Gasteiger partial charge is 0.443 e. The maximum atomic E-state index is 12.8. The van der Waals surface area contributed by atoms with E-state index in [1.807, 2.05) is 42.5 Å². The minimum atomic E-state index is -1.09. The second-order valence-electron chi connectivity index (χ2n) is 8.87. The Kier molecular flexibility index (Phi) is 9.30. The quantitative estimate of drug-likeness (QED) is 0.446. The molecule has 36 heavy (non-hydrogen) atoms. The molecule has 0 aliphatic carbocycles.